The average Bonchev–Trinajstić information content (AvgIpc) is 3.31. The van der Waals surface area contributed by atoms with Gasteiger partial charge in [-0.05, 0) is 99.0 Å². The van der Waals surface area contributed by atoms with Crippen LogP contribution < -0.4 is 22.8 Å². The molecule has 63 heavy (non-hydrogen) atoms. The minimum Gasteiger partial charge on any atom is -0.489 e. The smallest absolute Gasteiger partial charge is 0.275 e. The van der Waals surface area contributed by atoms with Crippen molar-refractivity contribution in [3.05, 3.63) is 197 Å². The molecule has 7 nitrogen and oxygen atoms in total. The van der Waals surface area contributed by atoms with Gasteiger partial charge in [-0.25, -0.2) is 0 Å². The minimum absolute atomic E-state index is 0.139. The quantitative estimate of drug-likeness (QED) is 0.0680. The minimum atomic E-state index is -1.37. The fourth-order valence-electron chi connectivity index (χ4n) is 7.60. The van der Waals surface area contributed by atoms with Gasteiger partial charge in [-0.15, -0.1) is 0 Å². The summed E-state index contributed by atoms with van der Waals surface area (Å²) >= 11 is 0. The van der Waals surface area contributed by atoms with E-state index in [-0.39, 0.29) is 27.5 Å². The van der Waals surface area contributed by atoms with E-state index in [2.05, 4.69) is 95.3 Å². The third-order valence-electron chi connectivity index (χ3n) is 11.0. The molecule has 0 aromatic heterocycles. The Morgan fingerprint density at radius 3 is 1.65 bits per heavy atom. The zero-order valence-electron chi connectivity index (χ0n) is 36.1. The van der Waals surface area contributed by atoms with Gasteiger partial charge in [0.25, 0.3) is 18.1 Å². The lowest BCUT2D eigenvalue weighted by molar-refractivity contribution is -0.112. The van der Waals surface area contributed by atoms with E-state index < -0.39 is 15.3 Å². The molecule has 9 heteroatoms. The fourth-order valence-corrected chi connectivity index (χ4v) is 8.80. The predicted octanol–water partition coefficient (Wildman–Crippen LogP) is 14.9. The molecule has 0 aliphatic carbocycles. The molecular formula is C54H52O7P2. The van der Waals surface area contributed by atoms with Crippen molar-refractivity contribution >= 4 is 39.6 Å². The molecule has 3 unspecified atom stereocenters. The number of fused-ring (bicyclic) bond motifs is 2. The standard InChI is InChI=1S/C54H52O7P2/c1-35(2)43-16-10-12-20-48(43)58-62-60-50-31-28-40-14-6-8-18-45(40)51(50)52-46-19-9-7-15-41(46)32-47(53(52)61-63-59-49-21-13-11-17-44(49)36(3)4)54(55)57-34-39-26-29-42(30-27-39)56-33-38-24-22-37(5)23-25-38/h6-32,35-36,54-55,62-63H,33-34H2,1-5H3. The normalized spacial score (nSPS) is 12.3. The Hall–Kier alpha value is -5.94. The van der Waals surface area contributed by atoms with Crippen molar-refractivity contribution in [2.75, 3.05) is 0 Å². The van der Waals surface area contributed by atoms with E-state index in [1.165, 1.54) is 5.56 Å². The summed E-state index contributed by atoms with van der Waals surface area (Å²) in [6.07, 6.45) is -1.37. The van der Waals surface area contributed by atoms with E-state index in [0.29, 0.717) is 23.7 Å². The summed E-state index contributed by atoms with van der Waals surface area (Å²) in [4.78, 5) is 0. The van der Waals surface area contributed by atoms with Crippen molar-refractivity contribution in [1.82, 2.24) is 0 Å². The van der Waals surface area contributed by atoms with E-state index in [9.17, 15) is 5.11 Å². The Bertz CT molecular complexity index is 2790. The van der Waals surface area contributed by atoms with Gasteiger partial charge in [0.05, 0.1) is 12.2 Å². The first-order valence-corrected chi connectivity index (χ1v) is 22.9. The lowest BCUT2D eigenvalue weighted by Crippen LogP contribution is -2.07. The van der Waals surface area contributed by atoms with Crippen LogP contribution in [0, 0.1) is 6.92 Å². The Labute approximate surface area is 373 Å². The topological polar surface area (TPSA) is 75.6 Å². The maximum Gasteiger partial charge on any atom is 0.275 e. The third-order valence-corrected chi connectivity index (χ3v) is 12.2. The van der Waals surface area contributed by atoms with Crippen LogP contribution in [0.1, 0.15) is 79.2 Å². The number of aryl methyl sites for hydroxylation is 1. The molecule has 0 saturated heterocycles. The third kappa shape index (κ3) is 10.5. The van der Waals surface area contributed by atoms with Crippen molar-refractivity contribution in [2.24, 2.45) is 0 Å². The lowest BCUT2D eigenvalue weighted by Gasteiger charge is -2.24. The molecule has 0 radical (unpaired) electrons. The number of aliphatic hydroxyl groups excluding tert-OH is 1. The van der Waals surface area contributed by atoms with Crippen LogP contribution in [0.25, 0.3) is 32.7 Å². The van der Waals surface area contributed by atoms with Crippen molar-refractivity contribution < 1.29 is 32.7 Å². The first-order valence-electron chi connectivity index (χ1n) is 21.2. The van der Waals surface area contributed by atoms with Crippen LogP contribution in [0.15, 0.2) is 164 Å². The molecule has 0 aliphatic heterocycles. The van der Waals surface area contributed by atoms with Gasteiger partial charge in [-0.1, -0.05) is 161 Å². The summed E-state index contributed by atoms with van der Waals surface area (Å²) in [7, 11) is -0.792. The van der Waals surface area contributed by atoms with Crippen molar-refractivity contribution in [3.63, 3.8) is 0 Å². The van der Waals surface area contributed by atoms with Crippen molar-refractivity contribution in [3.8, 4) is 39.9 Å². The van der Waals surface area contributed by atoms with Gasteiger partial charge in [0, 0.05) is 11.1 Å². The zero-order valence-corrected chi connectivity index (χ0v) is 38.1. The second-order valence-electron chi connectivity index (χ2n) is 16.1. The van der Waals surface area contributed by atoms with E-state index in [0.717, 1.165) is 72.2 Å². The van der Waals surface area contributed by atoms with E-state index in [4.69, 9.17) is 27.6 Å². The van der Waals surface area contributed by atoms with Crippen LogP contribution in [-0.4, -0.2) is 5.11 Å². The molecule has 0 saturated carbocycles. The Kier molecular flexibility index (Phi) is 14.2. The molecule has 0 spiro atoms. The van der Waals surface area contributed by atoms with E-state index in [1.54, 1.807) is 0 Å². The number of rotatable bonds is 18. The van der Waals surface area contributed by atoms with Crippen molar-refractivity contribution in [1.29, 1.82) is 0 Å². The molecule has 320 valence electrons. The van der Waals surface area contributed by atoms with Crippen LogP contribution in [-0.2, 0) is 18.0 Å². The molecular weight excluding hydrogens is 823 g/mol. The summed E-state index contributed by atoms with van der Waals surface area (Å²) in [5.41, 5.74) is 7.37. The summed E-state index contributed by atoms with van der Waals surface area (Å²) in [5.74, 6) is 3.84. The summed E-state index contributed by atoms with van der Waals surface area (Å²) < 4.78 is 38.6. The first kappa shape index (κ1) is 43.7. The van der Waals surface area contributed by atoms with Crippen molar-refractivity contribution in [2.45, 2.75) is 66.0 Å². The van der Waals surface area contributed by atoms with Gasteiger partial charge < -0.3 is 32.7 Å². The van der Waals surface area contributed by atoms with Crippen LogP contribution in [0.2, 0.25) is 0 Å². The summed E-state index contributed by atoms with van der Waals surface area (Å²) in [6.45, 7) is 11.3. The monoisotopic (exact) mass is 874 g/mol. The van der Waals surface area contributed by atoms with Crippen LogP contribution in [0.4, 0.5) is 0 Å². The molecule has 8 aromatic rings. The number of ether oxygens (including phenoxy) is 2. The molecule has 8 rings (SSSR count). The molecule has 0 heterocycles. The first-order chi connectivity index (χ1) is 30.7. The zero-order chi connectivity index (χ0) is 43.7. The van der Waals surface area contributed by atoms with Gasteiger partial charge in [0.1, 0.15) is 35.4 Å². The number of benzene rings is 8. The Balaban J connectivity index is 1.16. The van der Waals surface area contributed by atoms with Gasteiger partial charge >= 0.3 is 0 Å². The predicted molar refractivity (Wildman–Crippen MR) is 259 cm³/mol. The largest absolute Gasteiger partial charge is 0.489 e. The molecule has 0 amide bonds. The molecule has 0 fully saturated rings. The molecule has 3 atom stereocenters. The van der Waals surface area contributed by atoms with Crippen LogP contribution in [0.5, 0.6) is 28.7 Å². The van der Waals surface area contributed by atoms with Crippen LogP contribution >= 0.6 is 18.1 Å². The SMILES string of the molecule is Cc1ccc(COc2ccc(COC(O)c3cc4ccccc4c(-c4c(OPOc5ccccc5C(C)C)ccc5ccccc45)c3OPOc3ccccc3C(C)C)cc2)cc1. The molecule has 8 aromatic carbocycles. The highest BCUT2D eigenvalue weighted by molar-refractivity contribution is 7.27. The summed E-state index contributed by atoms with van der Waals surface area (Å²) in [6, 6.07) is 54.4. The highest BCUT2D eigenvalue weighted by Gasteiger charge is 2.26. The molecule has 0 bridgehead atoms. The molecule has 0 aliphatic rings. The summed E-state index contributed by atoms with van der Waals surface area (Å²) in [5, 5.41) is 15.9. The second-order valence-corrected chi connectivity index (χ2v) is 17.2. The molecule has 1 N–H and O–H groups in total. The Morgan fingerprint density at radius 2 is 1.00 bits per heavy atom. The highest BCUT2D eigenvalue weighted by Crippen LogP contribution is 2.51. The number of para-hydroxylation sites is 2. The highest BCUT2D eigenvalue weighted by atomic mass is 31.1. The number of hydrogen-bond donors (Lipinski definition) is 1. The Morgan fingerprint density at radius 1 is 0.476 bits per heavy atom. The van der Waals surface area contributed by atoms with E-state index >= 15 is 0 Å². The average molecular weight is 875 g/mol. The lowest BCUT2D eigenvalue weighted by atomic mass is 9.90. The van der Waals surface area contributed by atoms with Gasteiger partial charge in [-0.2, -0.15) is 0 Å². The van der Waals surface area contributed by atoms with Gasteiger partial charge in [0.15, 0.2) is 6.29 Å². The number of aliphatic hydroxyl groups is 1. The van der Waals surface area contributed by atoms with Gasteiger partial charge in [-0.3, -0.25) is 0 Å². The maximum absolute atomic E-state index is 12.1. The van der Waals surface area contributed by atoms with Gasteiger partial charge in [0.2, 0.25) is 0 Å². The van der Waals surface area contributed by atoms with Crippen LogP contribution in [0.3, 0.4) is 0 Å². The second kappa shape index (κ2) is 20.5. The van der Waals surface area contributed by atoms with E-state index in [1.807, 2.05) is 103 Å². The maximum atomic E-state index is 12.1. The fraction of sp³-hybridized carbons (Fsp3) is 0.185. The number of hydrogen-bond acceptors (Lipinski definition) is 7.